The largest absolute Gasteiger partial charge is 0.322 e. The minimum atomic E-state index is -1.57. The first-order valence-electron chi connectivity index (χ1n) is 4.22. The quantitative estimate of drug-likeness (QED) is 0.362. The summed E-state index contributed by atoms with van der Waals surface area (Å²) in [6, 6.07) is -1.57. The average Bonchev–Trinajstić information content (AvgIpc) is 1.95. The molecule has 13 heavy (non-hydrogen) atoms. The monoisotopic (exact) mass is 190 g/mol. The highest BCUT2D eigenvalue weighted by atomic mass is 16.7. The van der Waals surface area contributed by atoms with E-state index in [1.54, 1.807) is 0 Å². The van der Waals surface area contributed by atoms with Crippen LogP contribution in [0, 0.1) is 5.92 Å². The second-order valence-electron chi connectivity index (χ2n) is 3.90. The lowest BCUT2D eigenvalue weighted by atomic mass is 9.94. The summed E-state index contributed by atoms with van der Waals surface area (Å²) < 4.78 is 10.2. The second kappa shape index (κ2) is 3.16. The summed E-state index contributed by atoms with van der Waals surface area (Å²) in [6.45, 7) is 3.95. The molecule has 0 aliphatic carbocycles. The van der Waals surface area contributed by atoms with Crippen molar-refractivity contribution in [3.63, 3.8) is 0 Å². The molecule has 1 atom stereocenters. The fourth-order valence-corrected chi connectivity index (χ4v) is 1.42. The topological polar surface area (TPSA) is 123 Å². The van der Waals surface area contributed by atoms with E-state index >= 15 is 0 Å². The standard InChI is InChI=1S/C7H18N4O2/c1-4(2)5-6(8,9)3-12-7(10,11)13-5/h4-5H,3,8-11H2,1-2H3. The van der Waals surface area contributed by atoms with E-state index in [0.29, 0.717) is 0 Å². The first kappa shape index (κ1) is 10.8. The molecule has 0 radical (unpaired) electrons. The molecule has 1 aliphatic rings. The van der Waals surface area contributed by atoms with E-state index in [1.165, 1.54) is 0 Å². The van der Waals surface area contributed by atoms with Crippen LogP contribution >= 0.6 is 0 Å². The molecule has 1 aliphatic heterocycles. The Morgan fingerprint density at radius 3 is 2.15 bits per heavy atom. The van der Waals surface area contributed by atoms with E-state index in [-0.39, 0.29) is 12.5 Å². The maximum atomic E-state index is 5.76. The van der Waals surface area contributed by atoms with Crippen molar-refractivity contribution < 1.29 is 9.47 Å². The summed E-state index contributed by atoms with van der Waals surface area (Å²) in [6.07, 6.45) is -0.406. The lowest BCUT2D eigenvalue weighted by Gasteiger charge is -2.45. The van der Waals surface area contributed by atoms with Gasteiger partial charge in [0.05, 0.1) is 12.7 Å². The van der Waals surface area contributed by atoms with E-state index in [0.717, 1.165) is 0 Å². The Hall–Kier alpha value is -0.240. The van der Waals surface area contributed by atoms with Crippen LogP contribution in [0.25, 0.3) is 0 Å². The minimum Gasteiger partial charge on any atom is -0.322 e. The SMILES string of the molecule is CC(C)C1OC(N)(N)OCC1(N)N. The van der Waals surface area contributed by atoms with Crippen molar-refractivity contribution in [1.29, 1.82) is 0 Å². The highest BCUT2D eigenvalue weighted by Gasteiger charge is 2.45. The van der Waals surface area contributed by atoms with Gasteiger partial charge >= 0.3 is 0 Å². The van der Waals surface area contributed by atoms with Crippen LogP contribution < -0.4 is 22.9 Å². The van der Waals surface area contributed by atoms with Gasteiger partial charge in [-0.2, -0.15) is 0 Å². The zero-order chi connectivity index (χ0) is 10.3. The molecule has 1 saturated heterocycles. The molecule has 0 aromatic rings. The Morgan fingerprint density at radius 1 is 1.23 bits per heavy atom. The van der Waals surface area contributed by atoms with Gasteiger partial charge in [0.1, 0.15) is 5.66 Å². The molecule has 6 nitrogen and oxygen atoms in total. The molecule has 1 fully saturated rings. The Labute approximate surface area is 77.5 Å². The third-order valence-electron chi connectivity index (χ3n) is 1.99. The van der Waals surface area contributed by atoms with Crippen LogP contribution in [0.4, 0.5) is 0 Å². The van der Waals surface area contributed by atoms with Crippen LogP contribution in [-0.4, -0.2) is 24.4 Å². The van der Waals surface area contributed by atoms with E-state index in [2.05, 4.69) is 0 Å². The van der Waals surface area contributed by atoms with Gasteiger partial charge < -0.3 is 20.9 Å². The Kier molecular flexibility index (Phi) is 2.63. The molecule has 78 valence electrons. The van der Waals surface area contributed by atoms with Gasteiger partial charge in [-0.3, -0.25) is 11.5 Å². The predicted octanol–water partition coefficient (Wildman–Crippen LogP) is -1.80. The van der Waals surface area contributed by atoms with Crippen LogP contribution in [-0.2, 0) is 9.47 Å². The molecule has 1 heterocycles. The van der Waals surface area contributed by atoms with E-state index in [9.17, 15) is 0 Å². The van der Waals surface area contributed by atoms with E-state index < -0.39 is 17.8 Å². The van der Waals surface area contributed by atoms with E-state index in [4.69, 9.17) is 32.4 Å². The fourth-order valence-electron chi connectivity index (χ4n) is 1.42. The molecule has 0 aromatic carbocycles. The summed E-state index contributed by atoms with van der Waals surface area (Å²) in [5.41, 5.74) is 21.4. The highest BCUT2D eigenvalue weighted by Crippen LogP contribution is 2.23. The summed E-state index contributed by atoms with van der Waals surface area (Å²) in [5.74, 6) is 0.130. The van der Waals surface area contributed by atoms with E-state index in [1.807, 2.05) is 13.8 Å². The lowest BCUT2D eigenvalue weighted by molar-refractivity contribution is -0.317. The average molecular weight is 190 g/mol. The molecule has 0 aromatic heterocycles. The van der Waals surface area contributed by atoms with Crippen molar-refractivity contribution in [2.24, 2.45) is 28.9 Å². The van der Waals surface area contributed by atoms with Crippen LogP contribution in [0.1, 0.15) is 13.8 Å². The van der Waals surface area contributed by atoms with Crippen molar-refractivity contribution in [3.8, 4) is 0 Å². The number of hydrogen-bond donors (Lipinski definition) is 4. The predicted molar refractivity (Wildman–Crippen MR) is 47.9 cm³/mol. The van der Waals surface area contributed by atoms with Crippen LogP contribution in [0.5, 0.6) is 0 Å². The van der Waals surface area contributed by atoms with Crippen LogP contribution in [0.2, 0.25) is 0 Å². The van der Waals surface area contributed by atoms with Crippen molar-refractivity contribution in [2.75, 3.05) is 6.61 Å². The molecule has 1 unspecified atom stereocenters. The number of rotatable bonds is 1. The van der Waals surface area contributed by atoms with Gasteiger partial charge in [-0.15, -0.1) is 0 Å². The fraction of sp³-hybridized carbons (Fsp3) is 1.00. The normalized spacial score (nSPS) is 32.1. The zero-order valence-electron chi connectivity index (χ0n) is 7.99. The number of ether oxygens (including phenoxy) is 2. The molecule has 6 heteroatoms. The van der Waals surface area contributed by atoms with Gasteiger partial charge in [0, 0.05) is 0 Å². The zero-order valence-corrected chi connectivity index (χ0v) is 7.99. The Morgan fingerprint density at radius 2 is 1.77 bits per heavy atom. The molecule has 0 spiro atoms. The smallest absolute Gasteiger partial charge is 0.287 e. The van der Waals surface area contributed by atoms with Crippen LogP contribution in [0.3, 0.4) is 0 Å². The van der Waals surface area contributed by atoms with Crippen molar-refractivity contribution in [2.45, 2.75) is 31.6 Å². The third kappa shape index (κ3) is 2.37. The van der Waals surface area contributed by atoms with Gasteiger partial charge in [-0.1, -0.05) is 13.8 Å². The number of hydrogen-bond acceptors (Lipinski definition) is 6. The number of nitrogens with two attached hydrogens (primary N) is 4. The summed E-state index contributed by atoms with van der Waals surface area (Å²) >= 11 is 0. The first-order chi connectivity index (χ1) is 5.75. The Bertz CT molecular complexity index is 193. The molecule has 0 saturated carbocycles. The molecule has 0 bridgehead atoms. The second-order valence-corrected chi connectivity index (χ2v) is 3.90. The Balaban J connectivity index is 2.76. The lowest BCUT2D eigenvalue weighted by Crippen LogP contribution is -2.74. The van der Waals surface area contributed by atoms with Gasteiger partial charge in [0.2, 0.25) is 0 Å². The van der Waals surface area contributed by atoms with Crippen molar-refractivity contribution in [3.05, 3.63) is 0 Å². The summed E-state index contributed by atoms with van der Waals surface area (Å²) in [4.78, 5) is 0. The molecular weight excluding hydrogens is 172 g/mol. The van der Waals surface area contributed by atoms with Crippen LogP contribution in [0.15, 0.2) is 0 Å². The maximum Gasteiger partial charge on any atom is 0.287 e. The van der Waals surface area contributed by atoms with Gasteiger partial charge in [-0.25, -0.2) is 0 Å². The highest BCUT2D eigenvalue weighted by molar-refractivity contribution is 4.92. The van der Waals surface area contributed by atoms with Crippen molar-refractivity contribution >= 4 is 0 Å². The van der Waals surface area contributed by atoms with Crippen molar-refractivity contribution in [1.82, 2.24) is 0 Å². The molecule has 1 rings (SSSR count). The first-order valence-corrected chi connectivity index (χ1v) is 4.22. The molecule has 8 N–H and O–H groups in total. The molecule has 0 amide bonds. The van der Waals surface area contributed by atoms with Gasteiger partial charge in [0.25, 0.3) is 6.03 Å². The van der Waals surface area contributed by atoms with Gasteiger partial charge in [0.15, 0.2) is 0 Å². The summed E-state index contributed by atoms with van der Waals surface area (Å²) in [7, 11) is 0. The summed E-state index contributed by atoms with van der Waals surface area (Å²) in [5, 5.41) is 0. The third-order valence-corrected chi connectivity index (χ3v) is 1.99. The molecular formula is C7H18N4O2. The maximum absolute atomic E-state index is 5.76. The van der Waals surface area contributed by atoms with Gasteiger partial charge in [-0.05, 0) is 5.92 Å². The minimum absolute atomic E-state index is 0.0862.